The highest BCUT2D eigenvalue weighted by atomic mass is 19.4. The molecule has 8 heteroatoms. The minimum atomic E-state index is -4.80. The third-order valence-corrected chi connectivity index (χ3v) is 3.68. The van der Waals surface area contributed by atoms with E-state index in [9.17, 15) is 22.8 Å². The molecule has 0 unspecified atom stereocenters. The van der Waals surface area contributed by atoms with Crippen LogP contribution >= 0.6 is 0 Å². The van der Waals surface area contributed by atoms with Crippen molar-refractivity contribution in [2.45, 2.75) is 51.1 Å². The van der Waals surface area contributed by atoms with Gasteiger partial charge in [-0.2, -0.15) is 0 Å². The number of carbonyl (C=O) groups is 2. The Balaban J connectivity index is 1.87. The number of rotatable bonds is 5. The predicted molar refractivity (Wildman–Crippen MR) is 78.4 cm³/mol. The van der Waals surface area contributed by atoms with Gasteiger partial charge in [-0.05, 0) is 44.0 Å². The summed E-state index contributed by atoms with van der Waals surface area (Å²) in [7, 11) is 0. The van der Waals surface area contributed by atoms with Gasteiger partial charge in [0.05, 0.1) is 5.56 Å². The Morgan fingerprint density at radius 1 is 1.17 bits per heavy atom. The highest BCUT2D eigenvalue weighted by molar-refractivity contribution is 5.92. The summed E-state index contributed by atoms with van der Waals surface area (Å²) in [5, 5.41) is 2.81. The molecule has 1 aliphatic carbocycles. The molecule has 0 saturated heterocycles. The number of ether oxygens (including phenoxy) is 2. The highest BCUT2D eigenvalue weighted by Crippen LogP contribution is 2.23. The molecule has 1 aliphatic rings. The molecule has 24 heavy (non-hydrogen) atoms. The lowest BCUT2D eigenvalue weighted by atomic mass is 10.2. The molecular weight excluding hydrogens is 327 g/mol. The van der Waals surface area contributed by atoms with E-state index in [-0.39, 0.29) is 17.5 Å². The molecule has 1 aromatic rings. The fraction of sp³-hybridized carbons (Fsp3) is 0.500. The van der Waals surface area contributed by atoms with Crippen molar-refractivity contribution in [3.63, 3.8) is 0 Å². The van der Waals surface area contributed by atoms with Gasteiger partial charge in [0.15, 0.2) is 6.10 Å². The lowest BCUT2D eigenvalue weighted by Crippen LogP contribution is -2.40. The lowest BCUT2D eigenvalue weighted by molar-refractivity contribution is -0.274. The monoisotopic (exact) mass is 345 g/mol. The largest absolute Gasteiger partial charge is 0.573 e. The van der Waals surface area contributed by atoms with Gasteiger partial charge >= 0.3 is 12.3 Å². The van der Waals surface area contributed by atoms with Crippen LogP contribution in [0.4, 0.5) is 13.2 Å². The van der Waals surface area contributed by atoms with E-state index in [2.05, 4.69) is 10.1 Å². The number of halogens is 3. The Morgan fingerprint density at radius 3 is 2.29 bits per heavy atom. The second-order valence-electron chi connectivity index (χ2n) is 5.61. The summed E-state index contributed by atoms with van der Waals surface area (Å²) in [6, 6.07) is 4.41. The maximum atomic E-state index is 12.1. The Hall–Kier alpha value is -2.25. The molecule has 5 nitrogen and oxygen atoms in total. The van der Waals surface area contributed by atoms with E-state index in [1.165, 1.54) is 6.92 Å². The van der Waals surface area contributed by atoms with Crippen LogP contribution in [0.5, 0.6) is 5.75 Å². The van der Waals surface area contributed by atoms with Crippen LogP contribution in [0.25, 0.3) is 0 Å². The minimum absolute atomic E-state index is 0.0324. The molecule has 1 N–H and O–H groups in total. The number of benzene rings is 1. The summed E-state index contributed by atoms with van der Waals surface area (Å²) in [6.45, 7) is 1.45. The van der Waals surface area contributed by atoms with Gasteiger partial charge in [0, 0.05) is 6.04 Å². The van der Waals surface area contributed by atoms with E-state index in [0.717, 1.165) is 49.9 Å². The van der Waals surface area contributed by atoms with Gasteiger partial charge in [0.1, 0.15) is 5.75 Å². The number of hydrogen-bond acceptors (Lipinski definition) is 4. The van der Waals surface area contributed by atoms with Crippen molar-refractivity contribution in [1.82, 2.24) is 5.32 Å². The summed E-state index contributed by atoms with van der Waals surface area (Å²) in [4.78, 5) is 23.9. The molecule has 0 radical (unpaired) electrons. The average molecular weight is 345 g/mol. The summed E-state index contributed by atoms with van der Waals surface area (Å²) < 4.78 is 45.0. The van der Waals surface area contributed by atoms with E-state index in [4.69, 9.17) is 4.74 Å². The van der Waals surface area contributed by atoms with Crippen LogP contribution in [0.1, 0.15) is 43.0 Å². The maximum Gasteiger partial charge on any atom is 0.573 e. The molecule has 1 saturated carbocycles. The second-order valence-corrected chi connectivity index (χ2v) is 5.61. The third kappa shape index (κ3) is 5.43. The van der Waals surface area contributed by atoms with Crippen molar-refractivity contribution in [1.29, 1.82) is 0 Å². The van der Waals surface area contributed by atoms with Crippen LogP contribution in [-0.2, 0) is 9.53 Å². The van der Waals surface area contributed by atoms with Crippen molar-refractivity contribution < 1.29 is 32.2 Å². The number of hydrogen-bond donors (Lipinski definition) is 1. The zero-order chi connectivity index (χ0) is 17.7. The van der Waals surface area contributed by atoms with Gasteiger partial charge in [-0.1, -0.05) is 12.8 Å². The molecule has 1 amide bonds. The molecule has 1 atom stereocenters. The van der Waals surface area contributed by atoms with Crippen LogP contribution in [0, 0.1) is 0 Å². The SMILES string of the molecule is C[C@@H](OC(=O)c1ccc(OC(F)(F)F)cc1)C(=O)NC1CCCC1. The molecule has 1 aromatic carbocycles. The highest BCUT2D eigenvalue weighted by Gasteiger charge is 2.31. The smallest absolute Gasteiger partial charge is 0.449 e. The number of nitrogens with one attached hydrogen (secondary N) is 1. The Kier molecular flexibility index (Phi) is 5.69. The number of esters is 1. The second kappa shape index (κ2) is 7.55. The quantitative estimate of drug-likeness (QED) is 0.833. The third-order valence-electron chi connectivity index (χ3n) is 3.68. The lowest BCUT2D eigenvalue weighted by Gasteiger charge is -2.17. The van der Waals surface area contributed by atoms with E-state index in [1.54, 1.807) is 0 Å². The van der Waals surface area contributed by atoms with Crippen molar-refractivity contribution in [2.24, 2.45) is 0 Å². The average Bonchev–Trinajstić information content (AvgIpc) is 2.99. The first kappa shape index (κ1) is 18.1. The molecule has 0 aliphatic heterocycles. The van der Waals surface area contributed by atoms with Gasteiger partial charge in [0.2, 0.25) is 0 Å². The molecule has 2 rings (SSSR count). The van der Waals surface area contributed by atoms with E-state index in [1.807, 2.05) is 0 Å². The fourth-order valence-corrected chi connectivity index (χ4v) is 2.46. The maximum absolute atomic E-state index is 12.1. The number of carbonyl (C=O) groups excluding carboxylic acids is 2. The summed E-state index contributed by atoms with van der Waals surface area (Å²) in [5.41, 5.74) is 0.0324. The van der Waals surface area contributed by atoms with Gasteiger partial charge in [-0.15, -0.1) is 13.2 Å². The topological polar surface area (TPSA) is 64.6 Å². The molecule has 0 aromatic heterocycles. The van der Waals surface area contributed by atoms with Crippen molar-refractivity contribution in [3.8, 4) is 5.75 Å². The molecule has 132 valence electrons. The molecule has 0 spiro atoms. The van der Waals surface area contributed by atoms with E-state index >= 15 is 0 Å². The normalized spacial score (nSPS) is 16.5. The van der Waals surface area contributed by atoms with Gasteiger partial charge in [-0.25, -0.2) is 4.79 Å². The number of amides is 1. The van der Waals surface area contributed by atoms with Crippen LogP contribution < -0.4 is 10.1 Å². The van der Waals surface area contributed by atoms with Gasteiger partial charge < -0.3 is 14.8 Å². The van der Waals surface area contributed by atoms with Gasteiger partial charge in [0.25, 0.3) is 5.91 Å². The summed E-state index contributed by atoms with van der Waals surface area (Å²) >= 11 is 0. The Bertz CT molecular complexity index is 580. The first-order chi connectivity index (χ1) is 11.2. The first-order valence-corrected chi connectivity index (χ1v) is 7.62. The molecular formula is C16H18F3NO4. The van der Waals surface area contributed by atoms with E-state index in [0.29, 0.717) is 0 Å². The molecule has 1 fully saturated rings. The molecule has 0 heterocycles. The zero-order valence-electron chi connectivity index (χ0n) is 13.1. The standard InChI is InChI=1S/C16H18F3NO4/c1-10(14(21)20-12-4-2-3-5-12)23-15(22)11-6-8-13(9-7-11)24-16(17,18)19/h6-10,12H,2-5H2,1H3,(H,20,21)/t10-/m1/s1. The summed E-state index contributed by atoms with van der Waals surface area (Å²) in [6.07, 6.45) is -1.84. The van der Waals surface area contributed by atoms with Crippen LogP contribution in [-0.4, -0.2) is 30.4 Å². The number of alkyl halides is 3. The van der Waals surface area contributed by atoms with E-state index < -0.39 is 24.2 Å². The van der Waals surface area contributed by atoms with Crippen LogP contribution in [0.15, 0.2) is 24.3 Å². The van der Waals surface area contributed by atoms with Crippen molar-refractivity contribution in [2.75, 3.05) is 0 Å². The van der Waals surface area contributed by atoms with Crippen LogP contribution in [0.2, 0.25) is 0 Å². The van der Waals surface area contributed by atoms with Crippen LogP contribution in [0.3, 0.4) is 0 Å². The minimum Gasteiger partial charge on any atom is -0.449 e. The first-order valence-electron chi connectivity index (χ1n) is 7.62. The summed E-state index contributed by atoms with van der Waals surface area (Å²) in [5.74, 6) is -1.61. The Morgan fingerprint density at radius 2 is 1.75 bits per heavy atom. The fourth-order valence-electron chi connectivity index (χ4n) is 2.46. The molecule has 0 bridgehead atoms. The Labute approximate surface area is 137 Å². The van der Waals surface area contributed by atoms with Crippen molar-refractivity contribution in [3.05, 3.63) is 29.8 Å². The van der Waals surface area contributed by atoms with Crippen molar-refractivity contribution >= 4 is 11.9 Å². The zero-order valence-corrected chi connectivity index (χ0v) is 13.1. The van der Waals surface area contributed by atoms with Gasteiger partial charge in [-0.3, -0.25) is 4.79 Å². The predicted octanol–water partition coefficient (Wildman–Crippen LogP) is 3.19.